The molecule has 1 aliphatic rings. The van der Waals surface area contributed by atoms with Crippen molar-refractivity contribution in [2.75, 3.05) is 25.1 Å². The molecule has 1 fully saturated rings. The molecule has 4 rings (SSSR count). The lowest BCUT2D eigenvalue weighted by Gasteiger charge is -2.15. The topological polar surface area (TPSA) is 67.0 Å². The monoisotopic (exact) mass is 345 g/mol. The average Bonchev–Trinajstić information content (AvgIpc) is 3.35. The highest BCUT2D eigenvalue weighted by atomic mass is 16.5. The molecule has 6 nitrogen and oxygen atoms in total. The summed E-state index contributed by atoms with van der Waals surface area (Å²) in [6.45, 7) is 1.71. The molecule has 130 valence electrons. The van der Waals surface area contributed by atoms with Crippen molar-refractivity contribution in [2.24, 2.45) is 0 Å². The van der Waals surface area contributed by atoms with Crippen LogP contribution in [0.4, 0.5) is 5.82 Å². The summed E-state index contributed by atoms with van der Waals surface area (Å²) in [6.07, 6.45) is 1.04. The van der Waals surface area contributed by atoms with E-state index in [0.29, 0.717) is 17.4 Å². The Kier molecular flexibility index (Phi) is 4.28. The second-order valence-corrected chi connectivity index (χ2v) is 6.32. The van der Waals surface area contributed by atoms with E-state index in [1.54, 1.807) is 7.11 Å². The van der Waals surface area contributed by atoms with E-state index in [1.165, 1.54) is 10.4 Å². The predicted molar refractivity (Wildman–Crippen MR) is 98.6 cm³/mol. The van der Waals surface area contributed by atoms with Crippen LogP contribution in [0.3, 0.4) is 0 Å². The number of nitriles is 1. The summed E-state index contributed by atoms with van der Waals surface area (Å²) in [5, 5.41) is 18.5. The van der Waals surface area contributed by atoms with Gasteiger partial charge in [0.05, 0.1) is 12.8 Å². The molecular weight excluding hydrogens is 326 g/mol. The van der Waals surface area contributed by atoms with Crippen LogP contribution in [0.1, 0.15) is 23.6 Å². The molecule has 1 aromatic heterocycles. The van der Waals surface area contributed by atoms with Gasteiger partial charge in [-0.05, 0) is 24.1 Å². The van der Waals surface area contributed by atoms with Crippen molar-refractivity contribution in [3.63, 3.8) is 0 Å². The molecule has 0 saturated carbocycles. The maximum atomic E-state index is 9.51. The van der Waals surface area contributed by atoms with Crippen molar-refractivity contribution >= 4 is 5.82 Å². The third kappa shape index (κ3) is 3.00. The van der Waals surface area contributed by atoms with Gasteiger partial charge in [0.1, 0.15) is 11.8 Å². The first kappa shape index (κ1) is 16.2. The van der Waals surface area contributed by atoms with Gasteiger partial charge in [0, 0.05) is 25.1 Å². The van der Waals surface area contributed by atoms with Crippen molar-refractivity contribution in [1.82, 2.24) is 15.0 Å². The van der Waals surface area contributed by atoms with Gasteiger partial charge in [-0.15, -0.1) is 15.0 Å². The van der Waals surface area contributed by atoms with E-state index in [-0.39, 0.29) is 0 Å². The fourth-order valence-corrected chi connectivity index (χ4v) is 3.38. The van der Waals surface area contributed by atoms with Gasteiger partial charge in [-0.3, -0.25) is 0 Å². The first-order chi connectivity index (χ1) is 12.8. The third-order valence-electron chi connectivity index (χ3n) is 4.74. The number of ether oxygens (including phenoxy) is 1. The van der Waals surface area contributed by atoms with Crippen molar-refractivity contribution in [3.8, 4) is 17.5 Å². The van der Waals surface area contributed by atoms with E-state index in [2.05, 4.69) is 45.4 Å². The minimum Gasteiger partial charge on any atom is -0.497 e. The number of hydrogen-bond acceptors (Lipinski definition) is 5. The standard InChI is InChI=1S/C20H19N5O/c1-26-18-9-5-8-17(12-18)25-22-19(13-21)20(23-25)24-11-10-16(14-24)15-6-3-2-4-7-15/h2-9,12,16H,10-11,14H2,1H3/t16-/m0/s1. The number of rotatable bonds is 4. The Morgan fingerprint density at radius 3 is 2.73 bits per heavy atom. The quantitative estimate of drug-likeness (QED) is 0.727. The second kappa shape index (κ2) is 6.89. The smallest absolute Gasteiger partial charge is 0.207 e. The van der Waals surface area contributed by atoms with Gasteiger partial charge in [-0.25, -0.2) is 0 Å². The Labute approximate surface area is 152 Å². The minimum atomic E-state index is 0.349. The van der Waals surface area contributed by atoms with Crippen LogP contribution in [0.25, 0.3) is 5.69 Å². The van der Waals surface area contributed by atoms with Crippen molar-refractivity contribution in [1.29, 1.82) is 5.26 Å². The van der Waals surface area contributed by atoms with Crippen LogP contribution in [0.5, 0.6) is 5.75 Å². The normalized spacial score (nSPS) is 16.5. The molecule has 0 radical (unpaired) electrons. The highest BCUT2D eigenvalue weighted by Gasteiger charge is 2.28. The zero-order valence-corrected chi connectivity index (χ0v) is 14.5. The van der Waals surface area contributed by atoms with Crippen LogP contribution in [0.2, 0.25) is 0 Å². The number of hydrogen-bond donors (Lipinski definition) is 0. The van der Waals surface area contributed by atoms with Gasteiger partial charge < -0.3 is 9.64 Å². The van der Waals surface area contributed by atoms with Crippen LogP contribution < -0.4 is 9.64 Å². The van der Waals surface area contributed by atoms with Crippen LogP contribution in [0.15, 0.2) is 54.6 Å². The molecule has 26 heavy (non-hydrogen) atoms. The molecule has 2 aromatic carbocycles. The predicted octanol–water partition coefficient (Wildman–Crippen LogP) is 3.14. The van der Waals surface area contributed by atoms with E-state index in [4.69, 9.17) is 4.74 Å². The fraction of sp³-hybridized carbons (Fsp3) is 0.250. The lowest BCUT2D eigenvalue weighted by atomic mass is 9.99. The van der Waals surface area contributed by atoms with Gasteiger partial charge in [0.25, 0.3) is 0 Å². The molecular formula is C20H19N5O. The number of nitrogens with zero attached hydrogens (tertiary/aromatic N) is 5. The van der Waals surface area contributed by atoms with Crippen molar-refractivity contribution in [3.05, 3.63) is 65.9 Å². The van der Waals surface area contributed by atoms with Gasteiger partial charge in [0.2, 0.25) is 5.69 Å². The Balaban J connectivity index is 1.61. The Morgan fingerprint density at radius 2 is 1.96 bits per heavy atom. The third-order valence-corrected chi connectivity index (χ3v) is 4.74. The molecule has 0 spiro atoms. The van der Waals surface area contributed by atoms with E-state index < -0.39 is 0 Å². The Bertz CT molecular complexity index is 944. The number of benzene rings is 2. The van der Waals surface area contributed by atoms with E-state index >= 15 is 0 Å². The molecule has 1 aliphatic heterocycles. The molecule has 0 bridgehead atoms. The molecule has 2 heterocycles. The van der Waals surface area contributed by atoms with Crippen molar-refractivity contribution in [2.45, 2.75) is 12.3 Å². The number of methoxy groups -OCH3 is 1. The summed E-state index contributed by atoms with van der Waals surface area (Å²) >= 11 is 0. The van der Waals surface area contributed by atoms with E-state index in [0.717, 1.165) is 30.9 Å². The van der Waals surface area contributed by atoms with Crippen LogP contribution in [-0.2, 0) is 0 Å². The van der Waals surface area contributed by atoms with Gasteiger partial charge in [-0.2, -0.15) is 5.26 Å². The molecule has 1 saturated heterocycles. The first-order valence-corrected chi connectivity index (χ1v) is 8.60. The molecule has 0 amide bonds. The van der Waals surface area contributed by atoms with E-state index in [1.807, 2.05) is 30.3 Å². The highest BCUT2D eigenvalue weighted by molar-refractivity contribution is 5.52. The summed E-state index contributed by atoms with van der Waals surface area (Å²) < 4.78 is 5.26. The second-order valence-electron chi connectivity index (χ2n) is 6.32. The molecule has 0 unspecified atom stereocenters. The zero-order chi connectivity index (χ0) is 17.9. The van der Waals surface area contributed by atoms with Crippen LogP contribution in [-0.4, -0.2) is 35.2 Å². The van der Waals surface area contributed by atoms with Crippen molar-refractivity contribution < 1.29 is 4.74 Å². The number of aromatic nitrogens is 3. The maximum absolute atomic E-state index is 9.51. The molecule has 6 heteroatoms. The molecule has 1 atom stereocenters. The van der Waals surface area contributed by atoms with Crippen LogP contribution >= 0.6 is 0 Å². The maximum Gasteiger partial charge on any atom is 0.207 e. The summed E-state index contributed by atoms with van der Waals surface area (Å²) in [7, 11) is 1.62. The molecule has 3 aromatic rings. The minimum absolute atomic E-state index is 0.349. The van der Waals surface area contributed by atoms with Crippen LogP contribution in [0, 0.1) is 11.3 Å². The van der Waals surface area contributed by atoms with Gasteiger partial charge >= 0.3 is 0 Å². The summed E-state index contributed by atoms with van der Waals surface area (Å²) in [5.74, 6) is 1.82. The SMILES string of the molecule is COc1cccc(-n2nc(C#N)c(N3CC[C@H](c4ccccc4)C3)n2)c1. The highest BCUT2D eigenvalue weighted by Crippen LogP contribution is 2.31. The summed E-state index contributed by atoms with van der Waals surface area (Å²) in [6, 6.07) is 20.1. The summed E-state index contributed by atoms with van der Waals surface area (Å²) in [4.78, 5) is 3.66. The van der Waals surface area contributed by atoms with Gasteiger partial charge in [0.15, 0.2) is 5.82 Å². The molecule has 0 N–H and O–H groups in total. The van der Waals surface area contributed by atoms with E-state index in [9.17, 15) is 5.26 Å². The Morgan fingerprint density at radius 1 is 1.12 bits per heavy atom. The summed E-state index contributed by atoms with van der Waals surface area (Å²) in [5.41, 5.74) is 2.45. The lowest BCUT2D eigenvalue weighted by Crippen LogP contribution is -2.20. The van der Waals surface area contributed by atoms with Gasteiger partial charge in [-0.1, -0.05) is 36.4 Å². The fourth-order valence-electron chi connectivity index (χ4n) is 3.38. The first-order valence-electron chi connectivity index (χ1n) is 8.60. The zero-order valence-electron chi connectivity index (χ0n) is 14.5. The Hall–Kier alpha value is -3.33. The average molecular weight is 345 g/mol. The molecule has 0 aliphatic carbocycles. The lowest BCUT2D eigenvalue weighted by molar-refractivity contribution is 0.414. The largest absolute Gasteiger partial charge is 0.497 e. The number of anilines is 1.